The second-order valence-electron chi connectivity index (χ2n) is 4.83. The lowest BCUT2D eigenvalue weighted by Crippen LogP contribution is -2.33. The maximum absolute atomic E-state index is 12.3. The highest BCUT2D eigenvalue weighted by atomic mass is 32.2. The molecule has 1 amide bonds. The van der Waals surface area contributed by atoms with Gasteiger partial charge >= 0.3 is 0 Å². The van der Waals surface area contributed by atoms with E-state index in [0.29, 0.717) is 10.5 Å². The first kappa shape index (κ1) is 16.5. The summed E-state index contributed by atoms with van der Waals surface area (Å²) in [4.78, 5) is 25.1. The van der Waals surface area contributed by atoms with Crippen molar-refractivity contribution in [1.29, 1.82) is 0 Å². The van der Waals surface area contributed by atoms with E-state index in [1.54, 1.807) is 18.0 Å². The Morgan fingerprint density at radius 1 is 1.30 bits per heavy atom. The monoisotopic (exact) mass is 291 g/mol. The SMILES string of the molecule is CCc1ccc(/C=C(\SC=O)C(=O)N(C)C(C)C)cc1. The predicted molar refractivity (Wildman–Crippen MR) is 86.0 cm³/mol. The van der Waals surface area contributed by atoms with Gasteiger partial charge in [-0.2, -0.15) is 0 Å². The van der Waals surface area contributed by atoms with E-state index in [4.69, 9.17) is 0 Å². The van der Waals surface area contributed by atoms with E-state index in [0.717, 1.165) is 23.7 Å². The van der Waals surface area contributed by atoms with Gasteiger partial charge in [-0.15, -0.1) is 0 Å². The van der Waals surface area contributed by atoms with Crippen LogP contribution in [0.1, 0.15) is 31.9 Å². The van der Waals surface area contributed by atoms with Crippen LogP contribution in [0.3, 0.4) is 0 Å². The van der Waals surface area contributed by atoms with Crippen molar-refractivity contribution in [3.05, 3.63) is 40.3 Å². The summed E-state index contributed by atoms with van der Waals surface area (Å²) in [5, 5.41) is 0. The zero-order valence-electron chi connectivity index (χ0n) is 12.4. The van der Waals surface area contributed by atoms with Crippen molar-refractivity contribution in [3.63, 3.8) is 0 Å². The molecule has 0 unspecified atom stereocenters. The second-order valence-corrected chi connectivity index (χ2v) is 5.70. The first-order valence-electron chi connectivity index (χ1n) is 6.67. The molecule has 0 atom stereocenters. The van der Waals surface area contributed by atoms with E-state index in [9.17, 15) is 9.59 Å². The summed E-state index contributed by atoms with van der Waals surface area (Å²) < 4.78 is 0. The average Bonchev–Trinajstić information content (AvgIpc) is 2.46. The average molecular weight is 291 g/mol. The minimum Gasteiger partial charge on any atom is -0.339 e. The number of thioether (sulfide) groups is 1. The molecule has 1 rings (SSSR count). The lowest BCUT2D eigenvalue weighted by atomic mass is 10.1. The van der Waals surface area contributed by atoms with Crippen LogP contribution < -0.4 is 0 Å². The quantitative estimate of drug-likeness (QED) is 0.595. The Morgan fingerprint density at radius 2 is 1.90 bits per heavy atom. The van der Waals surface area contributed by atoms with Crippen molar-refractivity contribution < 1.29 is 9.59 Å². The number of carbonyl (C=O) groups excluding carboxylic acids is 2. The van der Waals surface area contributed by atoms with Gasteiger partial charge in [0.15, 0.2) is 5.62 Å². The number of hydrogen-bond acceptors (Lipinski definition) is 3. The molecular formula is C16H21NO2S. The third kappa shape index (κ3) is 4.53. The van der Waals surface area contributed by atoms with Gasteiger partial charge < -0.3 is 4.90 Å². The molecule has 1 aromatic carbocycles. The van der Waals surface area contributed by atoms with E-state index < -0.39 is 0 Å². The third-order valence-electron chi connectivity index (χ3n) is 3.17. The molecule has 0 aliphatic rings. The summed E-state index contributed by atoms with van der Waals surface area (Å²) in [6.07, 6.45) is 2.74. The lowest BCUT2D eigenvalue weighted by molar-refractivity contribution is -0.126. The number of aryl methyl sites for hydroxylation is 1. The summed E-state index contributed by atoms with van der Waals surface area (Å²) >= 11 is 0.924. The molecule has 0 aliphatic carbocycles. The number of likely N-dealkylation sites (N-methyl/N-ethyl adjacent to an activating group) is 1. The van der Waals surface area contributed by atoms with Crippen LogP contribution in [0.4, 0.5) is 0 Å². The van der Waals surface area contributed by atoms with E-state index in [1.807, 2.05) is 38.1 Å². The van der Waals surface area contributed by atoms with Crippen LogP contribution in [0.2, 0.25) is 0 Å². The molecule has 4 heteroatoms. The van der Waals surface area contributed by atoms with Crippen LogP contribution >= 0.6 is 11.8 Å². The molecule has 0 saturated heterocycles. The van der Waals surface area contributed by atoms with Crippen LogP contribution in [0.5, 0.6) is 0 Å². The molecule has 0 bridgehead atoms. The fourth-order valence-corrected chi connectivity index (χ4v) is 2.16. The maximum Gasteiger partial charge on any atom is 0.260 e. The van der Waals surface area contributed by atoms with Crippen molar-refractivity contribution in [1.82, 2.24) is 4.90 Å². The zero-order chi connectivity index (χ0) is 15.1. The number of rotatable bonds is 6. The number of hydrogen-bond donors (Lipinski definition) is 0. The van der Waals surface area contributed by atoms with Gasteiger partial charge in [-0.05, 0) is 49.2 Å². The number of nitrogens with zero attached hydrogens (tertiary/aromatic N) is 1. The molecule has 0 fully saturated rings. The van der Waals surface area contributed by atoms with E-state index in [1.165, 1.54) is 5.56 Å². The van der Waals surface area contributed by atoms with Crippen LogP contribution in [-0.4, -0.2) is 29.5 Å². The zero-order valence-corrected chi connectivity index (χ0v) is 13.2. The van der Waals surface area contributed by atoms with E-state index in [-0.39, 0.29) is 11.9 Å². The van der Waals surface area contributed by atoms with Gasteiger partial charge in [-0.3, -0.25) is 9.59 Å². The predicted octanol–water partition coefficient (Wildman–Crippen LogP) is 3.38. The Kier molecular flexibility index (Phi) is 6.52. The molecule has 3 nitrogen and oxygen atoms in total. The topological polar surface area (TPSA) is 37.4 Å². The summed E-state index contributed by atoms with van der Waals surface area (Å²) in [5.74, 6) is -0.128. The summed E-state index contributed by atoms with van der Waals surface area (Å²) in [6.45, 7) is 5.98. The molecule has 20 heavy (non-hydrogen) atoms. The molecule has 1 aromatic rings. The highest BCUT2D eigenvalue weighted by molar-refractivity contribution is 8.16. The molecule has 0 radical (unpaired) electrons. The first-order chi connectivity index (χ1) is 9.49. The minimum atomic E-state index is -0.128. The van der Waals surface area contributed by atoms with Crippen molar-refractivity contribution in [2.75, 3.05) is 7.05 Å². The standard InChI is InChI=1S/C16H21NO2S/c1-5-13-6-8-14(9-7-13)10-15(20-11-18)16(19)17(4)12(2)3/h6-12H,5H2,1-4H3/b15-10-. The van der Waals surface area contributed by atoms with E-state index in [2.05, 4.69) is 6.92 Å². The van der Waals surface area contributed by atoms with Gasteiger partial charge in [-0.1, -0.05) is 31.2 Å². The summed E-state index contributed by atoms with van der Waals surface area (Å²) in [5.41, 5.74) is 2.87. The van der Waals surface area contributed by atoms with Crippen molar-refractivity contribution in [3.8, 4) is 0 Å². The van der Waals surface area contributed by atoms with Gasteiger partial charge in [0.2, 0.25) is 0 Å². The highest BCUT2D eigenvalue weighted by Gasteiger charge is 2.17. The smallest absolute Gasteiger partial charge is 0.260 e. The lowest BCUT2D eigenvalue weighted by Gasteiger charge is -2.22. The Morgan fingerprint density at radius 3 is 2.35 bits per heavy atom. The van der Waals surface area contributed by atoms with Gasteiger partial charge in [0.1, 0.15) is 0 Å². The van der Waals surface area contributed by atoms with Gasteiger partial charge in [0, 0.05) is 13.1 Å². The number of carbonyl (C=O) groups is 2. The number of benzene rings is 1. The fraction of sp³-hybridized carbons (Fsp3) is 0.375. The third-order valence-corrected chi connectivity index (χ3v) is 3.81. The van der Waals surface area contributed by atoms with Gasteiger partial charge in [0.25, 0.3) is 5.91 Å². The van der Waals surface area contributed by atoms with Crippen LogP contribution in [0, 0.1) is 0 Å². The molecule has 0 aromatic heterocycles. The molecule has 0 N–H and O–H groups in total. The largest absolute Gasteiger partial charge is 0.339 e. The maximum atomic E-state index is 12.3. The van der Waals surface area contributed by atoms with Crippen LogP contribution in [-0.2, 0) is 16.0 Å². The number of amides is 1. The van der Waals surface area contributed by atoms with Crippen LogP contribution in [0.15, 0.2) is 29.2 Å². The van der Waals surface area contributed by atoms with Crippen molar-refractivity contribution in [2.45, 2.75) is 33.2 Å². The molecule has 0 spiro atoms. The second kappa shape index (κ2) is 7.90. The van der Waals surface area contributed by atoms with Crippen LogP contribution in [0.25, 0.3) is 6.08 Å². The summed E-state index contributed by atoms with van der Waals surface area (Å²) in [6, 6.07) is 8.09. The van der Waals surface area contributed by atoms with Crippen molar-refractivity contribution >= 4 is 29.4 Å². The summed E-state index contributed by atoms with van der Waals surface area (Å²) in [7, 11) is 1.74. The normalized spacial score (nSPS) is 11.6. The van der Waals surface area contributed by atoms with Crippen molar-refractivity contribution in [2.24, 2.45) is 0 Å². The minimum absolute atomic E-state index is 0.0978. The highest BCUT2D eigenvalue weighted by Crippen LogP contribution is 2.20. The molecular weight excluding hydrogens is 270 g/mol. The molecule has 108 valence electrons. The molecule has 0 saturated carbocycles. The van der Waals surface area contributed by atoms with E-state index >= 15 is 0 Å². The Hall–Kier alpha value is -1.55. The van der Waals surface area contributed by atoms with Gasteiger partial charge in [-0.25, -0.2) is 0 Å². The fourth-order valence-electron chi connectivity index (χ4n) is 1.61. The Balaban J connectivity index is 3.01. The Bertz CT molecular complexity index is 492. The Labute approximate surface area is 125 Å². The van der Waals surface area contributed by atoms with Gasteiger partial charge in [0.05, 0.1) is 4.91 Å². The first-order valence-corrected chi connectivity index (χ1v) is 7.55. The molecule has 0 aliphatic heterocycles. The molecule has 0 heterocycles.